The smallest absolute Gasteiger partial charge is 0.455 e. The van der Waals surface area contributed by atoms with Crippen LogP contribution < -0.4 is 0 Å². The van der Waals surface area contributed by atoms with E-state index in [2.05, 4.69) is 20.8 Å². The molecule has 6 rings (SSSR count). The Balaban J connectivity index is 1.66. The van der Waals surface area contributed by atoms with Crippen molar-refractivity contribution in [2.24, 2.45) is 16.7 Å². The van der Waals surface area contributed by atoms with E-state index in [0.717, 1.165) is 29.3 Å². The van der Waals surface area contributed by atoms with E-state index in [-0.39, 0.29) is 25.0 Å². The van der Waals surface area contributed by atoms with Crippen LogP contribution in [0.3, 0.4) is 0 Å². The Morgan fingerprint density at radius 1 is 0.965 bits per heavy atom. The van der Waals surface area contributed by atoms with E-state index in [0.29, 0.717) is 0 Å². The quantitative estimate of drug-likeness (QED) is 0.0795. The van der Waals surface area contributed by atoms with Crippen molar-refractivity contribution in [3.63, 3.8) is 0 Å². The van der Waals surface area contributed by atoms with Crippen LogP contribution in [0.2, 0.25) is 18.1 Å². The number of carbonyl (C=O) groups excluding carboxylic acids is 3. The van der Waals surface area contributed by atoms with Gasteiger partial charge in [0, 0.05) is 30.6 Å². The Morgan fingerprint density at radius 2 is 1.60 bits per heavy atom. The van der Waals surface area contributed by atoms with E-state index in [1.807, 2.05) is 27.7 Å². The number of fused-ring (bicyclic) bond motifs is 8. The molecule has 0 amide bonds. The minimum atomic E-state index is -2.34. The van der Waals surface area contributed by atoms with Crippen molar-refractivity contribution in [2.45, 2.75) is 158 Å². The number of halogens is 3. The Kier molecular flexibility index (Phi) is 12.1. The minimum absolute atomic E-state index is 0.0126. The third-order valence-corrected chi connectivity index (χ3v) is 18.8. The average molecular weight is 876 g/mol. The van der Waals surface area contributed by atoms with Gasteiger partial charge >= 0.3 is 18.1 Å². The molecule has 2 aliphatic heterocycles. The molecule has 318 valence electrons. The second kappa shape index (κ2) is 15.5. The van der Waals surface area contributed by atoms with Gasteiger partial charge in [0.15, 0.2) is 19.7 Å². The van der Waals surface area contributed by atoms with Crippen LogP contribution in [0.1, 0.15) is 92.4 Å². The molecule has 1 unspecified atom stereocenters. The van der Waals surface area contributed by atoms with Crippen LogP contribution in [0.4, 0.5) is 4.79 Å². The van der Waals surface area contributed by atoms with Crippen molar-refractivity contribution in [3.05, 3.63) is 47.0 Å². The fourth-order valence-corrected chi connectivity index (χ4v) is 13.7. The molecule has 0 aromatic heterocycles. The molecule has 10 atom stereocenters. The van der Waals surface area contributed by atoms with Crippen molar-refractivity contribution in [2.75, 3.05) is 13.2 Å². The van der Waals surface area contributed by atoms with E-state index in [9.17, 15) is 19.5 Å². The fraction of sp³-hybridized carbons (Fsp3) is 0.732. The van der Waals surface area contributed by atoms with Crippen LogP contribution in [-0.2, 0) is 42.4 Å². The highest BCUT2D eigenvalue weighted by atomic mass is 35.6. The summed E-state index contributed by atoms with van der Waals surface area (Å²) in [5.74, 6) is -3.66. The van der Waals surface area contributed by atoms with Crippen LogP contribution >= 0.6 is 34.8 Å². The number of alkyl halides is 3. The summed E-state index contributed by atoms with van der Waals surface area (Å²) < 4.78 is 50.0. The highest BCUT2D eigenvalue weighted by Crippen LogP contribution is 2.68. The predicted molar refractivity (Wildman–Crippen MR) is 215 cm³/mol. The van der Waals surface area contributed by atoms with Crippen molar-refractivity contribution in [1.29, 1.82) is 0 Å². The van der Waals surface area contributed by atoms with Crippen LogP contribution in [0, 0.1) is 16.7 Å². The number of carbonyl (C=O) groups is 3. The number of benzene rings is 1. The third kappa shape index (κ3) is 7.58. The molecule has 1 aromatic rings. The van der Waals surface area contributed by atoms with Crippen molar-refractivity contribution in [3.8, 4) is 0 Å². The maximum absolute atomic E-state index is 14.5. The molecule has 1 N–H and O–H groups in total. The first-order valence-corrected chi connectivity index (χ1v) is 23.5. The summed E-state index contributed by atoms with van der Waals surface area (Å²) in [6.45, 7) is 18.3. The van der Waals surface area contributed by atoms with E-state index in [1.165, 1.54) is 6.92 Å². The maximum atomic E-state index is 14.5. The average Bonchev–Trinajstić information content (AvgIpc) is 3.45. The van der Waals surface area contributed by atoms with E-state index in [4.69, 9.17) is 72.4 Å². The molecule has 2 bridgehead atoms. The van der Waals surface area contributed by atoms with Gasteiger partial charge in [-0.15, -0.1) is 0 Å². The first kappa shape index (κ1) is 44.6. The van der Waals surface area contributed by atoms with Crippen LogP contribution in [0.5, 0.6) is 0 Å². The van der Waals surface area contributed by atoms with Gasteiger partial charge in [-0.05, 0) is 62.2 Å². The van der Waals surface area contributed by atoms with Gasteiger partial charge in [-0.2, -0.15) is 0 Å². The maximum Gasteiger partial charge on any atom is 0.508 e. The molecule has 2 saturated heterocycles. The Bertz CT molecular complexity index is 1740. The van der Waals surface area contributed by atoms with Gasteiger partial charge < -0.3 is 42.7 Å². The molecular weight excluding hydrogens is 819 g/mol. The Labute approximate surface area is 351 Å². The molecule has 0 radical (unpaired) electrons. The van der Waals surface area contributed by atoms with E-state index >= 15 is 0 Å². The largest absolute Gasteiger partial charge is 0.508 e. The number of ether oxygens (including phenoxy) is 7. The number of hydrogen-bond acceptors (Lipinski definition) is 12. The first-order chi connectivity index (χ1) is 26.4. The molecule has 16 heteroatoms. The van der Waals surface area contributed by atoms with Crippen LogP contribution in [0.25, 0.3) is 0 Å². The molecule has 12 nitrogen and oxygen atoms in total. The molecule has 4 fully saturated rings. The molecule has 3 aliphatic carbocycles. The zero-order chi connectivity index (χ0) is 42.1. The van der Waals surface area contributed by atoms with Crippen molar-refractivity contribution in [1.82, 2.24) is 0 Å². The summed E-state index contributed by atoms with van der Waals surface area (Å²) in [5, 5.41) is 14.0. The monoisotopic (exact) mass is 874 g/mol. The van der Waals surface area contributed by atoms with E-state index < -0.39 is 107 Å². The van der Waals surface area contributed by atoms with Gasteiger partial charge in [-0.25, -0.2) is 9.59 Å². The Hall–Kier alpha value is -1.94. The lowest BCUT2D eigenvalue weighted by Crippen LogP contribution is -2.82. The number of aliphatic hydroxyl groups is 1. The van der Waals surface area contributed by atoms with Gasteiger partial charge in [0.05, 0.1) is 24.2 Å². The molecule has 5 aliphatic rings. The summed E-state index contributed by atoms with van der Waals surface area (Å²) in [4.78, 5) is 41.3. The fourth-order valence-electron chi connectivity index (χ4n) is 10.6. The lowest BCUT2D eigenvalue weighted by atomic mass is 9.44. The first-order valence-electron chi connectivity index (χ1n) is 19.9. The molecule has 2 saturated carbocycles. The van der Waals surface area contributed by atoms with E-state index in [1.54, 1.807) is 44.2 Å². The topological polar surface area (TPSA) is 145 Å². The third-order valence-electron chi connectivity index (χ3n) is 13.8. The van der Waals surface area contributed by atoms with Crippen LogP contribution in [-0.4, -0.2) is 102 Å². The summed E-state index contributed by atoms with van der Waals surface area (Å²) in [5.41, 5.74) is -4.16. The van der Waals surface area contributed by atoms with Gasteiger partial charge in [-0.3, -0.25) is 4.79 Å². The zero-order valence-electron chi connectivity index (χ0n) is 34.4. The van der Waals surface area contributed by atoms with Gasteiger partial charge in [0.2, 0.25) is 3.79 Å². The summed E-state index contributed by atoms with van der Waals surface area (Å²) >= 11 is 17.8. The molecule has 57 heavy (non-hydrogen) atoms. The number of hydrogen-bond donors (Lipinski definition) is 1. The minimum Gasteiger partial charge on any atom is -0.455 e. The highest BCUT2D eigenvalue weighted by Gasteiger charge is 2.80. The predicted octanol–water partition coefficient (Wildman–Crippen LogP) is 8.23. The highest BCUT2D eigenvalue weighted by molar-refractivity contribution is 6.73. The summed E-state index contributed by atoms with van der Waals surface area (Å²) in [6, 6.07) is 11.0. The second-order valence-corrected chi connectivity index (χ2v) is 24.8. The number of rotatable bonds is 10. The lowest BCUT2D eigenvalue weighted by molar-refractivity contribution is -0.362. The second-order valence-electron chi connectivity index (χ2n) is 17.6. The molecule has 1 aromatic carbocycles. The molecule has 2 heterocycles. The molecular formula is C41H57Cl3O12Si. The number of esters is 2. The van der Waals surface area contributed by atoms with Crippen molar-refractivity contribution < 1.29 is 57.1 Å². The Morgan fingerprint density at radius 3 is 2.14 bits per heavy atom. The summed E-state index contributed by atoms with van der Waals surface area (Å²) in [7, 11) is -2.34. The van der Waals surface area contributed by atoms with Crippen LogP contribution in [0.15, 0.2) is 41.5 Å². The SMILES string of the molecule is CC[Si](CC)(CC)OC1C[C@@]2(O)[C@@H](OC(=O)c3ccccc3)[C@@H]3[C@]4(OC(C)=O)CO[C@@H]4C[C@H](OC(=O)OCC(Cl)(Cl)Cl)[C@@]3(C)[C@@H]3OC(C)(C)O[C@@H]3C(=C1C)C2(C)C. The lowest BCUT2D eigenvalue weighted by Gasteiger charge is -2.69. The van der Waals surface area contributed by atoms with Gasteiger partial charge in [0.25, 0.3) is 0 Å². The van der Waals surface area contributed by atoms with Gasteiger partial charge in [0.1, 0.15) is 42.7 Å². The van der Waals surface area contributed by atoms with Crippen molar-refractivity contribution >= 4 is 61.2 Å². The standard InChI is InChI=1S/C41H57Cl3O12Si/c1-11-57(12-2,13-3)56-26-20-40(48)33(52-34(46)25-17-15-14-16-18-25)31-38(10,32-30(54-37(8,9)55-32)29(23(26)4)36(40,6)7)27(51-35(47)50-22-41(42,43)44)19-28-39(31,21-49-28)53-24(5)45/h14-18,26-28,30-33,48H,11-13,19-22H2,1-10H3/t26?,27-,28+,30+,31-,32+,33-,38+,39-,40+/m0/s1. The van der Waals surface area contributed by atoms with Gasteiger partial charge in [-0.1, -0.05) is 94.5 Å². The summed E-state index contributed by atoms with van der Waals surface area (Å²) in [6.07, 6.45) is -6.91. The zero-order valence-corrected chi connectivity index (χ0v) is 37.7. The molecule has 0 spiro atoms. The normalized spacial score (nSPS) is 36.6.